The van der Waals surface area contributed by atoms with E-state index in [1.165, 1.54) is 12.1 Å². The molecule has 206 valence electrons. The third kappa shape index (κ3) is 6.40. The molecule has 0 fully saturated rings. The maximum absolute atomic E-state index is 14.1. The van der Waals surface area contributed by atoms with Gasteiger partial charge in [-0.3, -0.25) is 9.69 Å². The number of benzene rings is 4. The van der Waals surface area contributed by atoms with Crippen LogP contribution in [0.4, 0.5) is 13.2 Å². The van der Waals surface area contributed by atoms with Crippen molar-refractivity contribution >= 4 is 17.5 Å². The van der Waals surface area contributed by atoms with E-state index in [9.17, 15) is 18.0 Å². The second-order valence-electron chi connectivity index (χ2n) is 10.0. The van der Waals surface area contributed by atoms with Crippen molar-refractivity contribution in [1.29, 1.82) is 0 Å². The van der Waals surface area contributed by atoms with Crippen molar-refractivity contribution in [2.45, 2.75) is 31.6 Å². The van der Waals surface area contributed by atoms with Crippen LogP contribution in [0.15, 0.2) is 103 Å². The van der Waals surface area contributed by atoms with Crippen molar-refractivity contribution in [3.8, 4) is 0 Å². The van der Waals surface area contributed by atoms with E-state index in [4.69, 9.17) is 11.6 Å². The van der Waals surface area contributed by atoms with Crippen LogP contribution in [0.3, 0.4) is 0 Å². The minimum Gasteiger partial charge on any atom is -0.337 e. The molecule has 1 amide bonds. The fraction of sp³-hybridized carbons (Fsp3) is 0.242. The average Bonchev–Trinajstić information content (AvgIpc) is 2.96. The van der Waals surface area contributed by atoms with Gasteiger partial charge in [-0.2, -0.15) is 13.2 Å². The molecule has 0 aromatic heterocycles. The summed E-state index contributed by atoms with van der Waals surface area (Å²) in [7, 11) is 0. The van der Waals surface area contributed by atoms with E-state index in [1.807, 2.05) is 77.7 Å². The van der Waals surface area contributed by atoms with Crippen molar-refractivity contribution in [2.75, 3.05) is 19.6 Å². The zero-order valence-corrected chi connectivity index (χ0v) is 22.7. The molecule has 0 spiro atoms. The molecule has 0 saturated carbocycles. The molecule has 5 rings (SSSR count). The molecule has 1 heterocycles. The topological polar surface area (TPSA) is 23.6 Å². The van der Waals surface area contributed by atoms with Crippen LogP contribution in [0.1, 0.15) is 39.4 Å². The first-order valence-corrected chi connectivity index (χ1v) is 13.7. The molecular weight excluding hydrogens is 533 g/mol. The highest BCUT2D eigenvalue weighted by atomic mass is 35.5. The third-order valence-electron chi connectivity index (χ3n) is 7.47. The lowest BCUT2D eigenvalue weighted by Gasteiger charge is -2.39. The van der Waals surface area contributed by atoms with Gasteiger partial charge in [0.1, 0.15) is 0 Å². The molecule has 1 atom stereocenters. The number of nitrogens with zero attached hydrogens (tertiary/aromatic N) is 2. The van der Waals surface area contributed by atoms with Crippen LogP contribution in [-0.4, -0.2) is 35.3 Å². The Morgan fingerprint density at radius 2 is 1.50 bits per heavy atom. The molecule has 0 radical (unpaired) electrons. The highest BCUT2D eigenvalue weighted by Gasteiger charge is 2.39. The Kier molecular flexibility index (Phi) is 8.57. The molecule has 7 heteroatoms. The highest BCUT2D eigenvalue weighted by molar-refractivity contribution is 6.31. The van der Waals surface area contributed by atoms with Crippen LogP contribution in [0, 0.1) is 0 Å². The van der Waals surface area contributed by atoms with Gasteiger partial charge in [0, 0.05) is 24.7 Å². The monoisotopic (exact) mass is 562 g/mol. The lowest BCUT2D eigenvalue weighted by molar-refractivity contribution is -0.138. The summed E-state index contributed by atoms with van der Waals surface area (Å²) >= 11 is 6.45. The summed E-state index contributed by atoms with van der Waals surface area (Å²) in [5.74, 6) is -0.148. The number of halogens is 4. The van der Waals surface area contributed by atoms with E-state index < -0.39 is 17.8 Å². The second-order valence-corrected chi connectivity index (χ2v) is 10.5. The van der Waals surface area contributed by atoms with E-state index in [-0.39, 0.29) is 18.0 Å². The molecule has 0 aliphatic carbocycles. The molecule has 0 saturated heterocycles. The molecule has 1 aliphatic rings. The Hall–Kier alpha value is -3.61. The number of carbonyl (C=O) groups is 1. The zero-order chi connectivity index (χ0) is 28.1. The maximum atomic E-state index is 14.1. The standard InChI is InChI=1S/C33H30ClF3N2O/c34-30-17-9-5-13-26(30)22-38(20-18-24-10-2-1-3-11-24)31(40)23-39-21-19-25-12-4-6-14-27(25)32(39)28-15-7-8-16-29(28)33(35,36)37/h1-17,32H,18-23H2. The Morgan fingerprint density at radius 3 is 2.25 bits per heavy atom. The third-order valence-corrected chi connectivity index (χ3v) is 7.84. The molecular formula is C33H30ClF3N2O. The highest BCUT2D eigenvalue weighted by Crippen LogP contribution is 2.41. The molecule has 40 heavy (non-hydrogen) atoms. The molecule has 1 unspecified atom stereocenters. The molecule has 0 N–H and O–H groups in total. The summed E-state index contributed by atoms with van der Waals surface area (Å²) in [6.07, 6.45) is -3.20. The summed E-state index contributed by atoms with van der Waals surface area (Å²) in [6, 6.07) is 29.9. The van der Waals surface area contributed by atoms with E-state index in [0.29, 0.717) is 37.5 Å². The number of alkyl halides is 3. The van der Waals surface area contributed by atoms with Crippen molar-refractivity contribution in [3.05, 3.63) is 142 Å². The van der Waals surface area contributed by atoms with Crippen molar-refractivity contribution < 1.29 is 18.0 Å². The Morgan fingerprint density at radius 1 is 0.850 bits per heavy atom. The van der Waals surface area contributed by atoms with Crippen LogP contribution in [0.25, 0.3) is 0 Å². The average molecular weight is 563 g/mol. The zero-order valence-electron chi connectivity index (χ0n) is 21.9. The fourth-order valence-electron chi connectivity index (χ4n) is 5.45. The van der Waals surface area contributed by atoms with Crippen molar-refractivity contribution in [3.63, 3.8) is 0 Å². The van der Waals surface area contributed by atoms with E-state index in [1.54, 1.807) is 17.0 Å². The van der Waals surface area contributed by atoms with Gasteiger partial charge in [0.15, 0.2) is 0 Å². The first-order chi connectivity index (χ1) is 19.3. The van der Waals surface area contributed by atoms with Gasteiger partial charge < -0.3 is 4.90 Å². The number of amides is 1. The summed E-state index contributed by atoms with van der Waals surface area (Å²) in [5.41, 5.74) is 3.23. The number of carbonyl (C=O) groups excluding carboxylic acids is 1. The van der Waals surface area contributed by atoms with Crippen LogP contribution in [0.2, 0.25) is 5.02 Å². The predicted octanol–water partition coefficient (Wildman–Crippen LogP) is 7.58. The normalized spacial score (nSPS) is 15.4. The minimum absolute atomic E-state index is 0.00949. The van der Waals surface area contributed by atoms with Gasteiger partial charge in [-0.25, -0.2) is 0 Å². The molecule has 4 aromatic rings. The summed E-state index contributed by atoms with van der Waals surface area (Å²) in [5, 5.41) is 0.573. The number of hydrogen-bond acceptors (Lipinski definition) is 2. The van der Waals surface area contributed by atoms with Crippen LogP contribution in [0.5, 0.6) is 0 Å². The Bertz CT molecular complexity index is 1460. The molecule has 3 nitrogen and oxygen atoms in total. The van der Waals surface area contributed by atoms with Gasteiger partial charge in [0.2, 0.25) is 5.91 Å². The largest absolute Gasteiger partial charge is 0.416 e. The van der Waals surface area contributed by atoms with Crippen LogP contribution >= 0.6 is 11.6 Å². The number of fused-ring (bicyclic) bond motifs is 1. The van der Waals surface area contributed by atoms with Gasteiger partial charge >= 0.3 is 6.18 Å². The van der Waals surface area contributed by atoms with E-state index >= 15 is 0 Å². The lowest BCUT2D eigenvalue weighted by Crippen LogP contribution is -2.45. The number of rotatable bonds is 8. The smallest absolute Gasteiger partial charge is 0.337 e. The quantitative estimate of drug-likeness (QED) is 0.221. The van der Waals surface area contributed by atoms with Crippen LogP contribution in [-0.2, 0) is 30.4 Å². The van der Waals surface area contributed by atoms with E-state index in [2.05, 4.69) is 0 Å². The molecule has 1 aliphatic heterocycles. The summed E-state index contributed by atoms with van der Waals surface area (Å²) in [6.45, 7) is 1.24. The summed E-state index contributed by atoms with van der Waals surface area (Å²) in [4.78, 5) is 17.6. The predicted molar refractivity (Wildman–Crippen MR) is 152 cm³/mol. The van der Waals surface area contributed by atoms with Crippen molar-refractivity contribution in [1.82, 2.24) is 9.80 Å². The van der Waals surface area contributed by atoms with Gasteiger partial charge in [-0.05, 0) is 52.8 Å². The van der Waals surface area contributed by atoms with Gasteiger partial charge in [-0.15, -0.1) is 0 Å². The first kappa shape index (κ1) is 27.9. The Balaban J connectivity index is 1.46. The van der Waals surface area contributed by atoms with Gasteiger partial charge in [-0.1, -0.05) is 103 Å². The van der Waals surface area contributed by atoms with Crippen LogP contribution < -0.4 is 0 Å². The van der Waals surface area contributed by atoms with Crippen molar-refractivity contribution in [2.24, 2.45) is 0 Å². The number of hydrogen-bond donors (Lipinski definition) is 0. The summed E-state index contributed by atoms with van der Waals surface area (Å²) < 4.78 is 42.4. The lowest BCUT2D eigenvalue weighted by atomic mass is 9.86. The molecule has 4 aromatic carbocycles. The SMILES string of the molecule is O=C(CN1CCc2ccccc2C1c1ccccc1C(F)(F)F)N(CCc1ccccc1)Cc1ccccc1Cl. The second kappa shape index (κ2) is 12.3. The fourth-order valence-corrected chi connectivity index (χ4v) is 5.65. The first-order valence-electron chi connectivity index (χ1n) is 13.3. The van der Waals surface area contributed by atoms with Gasteiger partial charge in [0.05, 0.1) is 18.2 Å². The molecule has 0 bridgehead atoms. The minimum atomic E-state index is -4.51. The Labute approximate surface area is 237 Å². The van der Waals surface area contributed by atoms with E-state index in [0.717, 1.165) is 28.3 Å². The van der Waals surface area contributed by atoms with Gasteiger partial charge in [0.25, 0.3) is 0 Å². The maximum Gasteiger partial charge on any atom is 0.416 e.